The van der Waals surface area contributed by atoms with Crippen LogP contribution in [-0.2, 0) is 22.7 Å². The number of aliphatic hydroxyl groups is 1. The van der Waals surface area contributed by atoms with E-state index in [0.717, 1.165) is 11.1 Å². The Morgan fingerprint density at radius 1 is 1.27 bits per heavy atom. The van der Waals surface area contributed by atoms with Crippen LogP contribution in [0.3, 0.4) is 0 Å². The number of hydrogen-bond donors (Lipinski definition) is 4. The van der Waals surface area contributed by atoms with Crippen molar-refractivity contribution in [3.63, 3.8) is 0 Å². The number of hydrogen-bond acceptors (Lipinski definition) is 8. The zero-order valence-corrected chi connectivity index (χ0v) is 20.6. The van der Waals surface area contributed by atoms with E-state index in [1.807, 2.05) is 20.8 Å². The summed E-state index contributed by atoms with van der Waals surface area (Å²) in [6, 6.07) is 6.61. The zero-order chi connectivity index (χ0) is 26.2. The molecule has 192 valence electrons. The van der Waals surface area contributed by atoms with Crippen LogP contribution in [0.1, 0.15) is 26.3 Å². The molecular weight excluding hydrogens is 479 g/mol. The summed E-state index contributed by atoms with van der Waals surface area (Å²) in [5, 5.41) is 16.0. The molecule has 1 aliphatic heterocycles. The Morgan fingerprint density at radius 2 is 2.11 bits per heavy atom. The second kappa shape index (κ2) is 9.71. The second-order valence-corrected chi connectivity index (χ2v) is 9.76. The van der Waals surface area contributed by atoms with E-state index in [-0.39, 0.29) is 24.4 Å². The minimum absolute atomic E-state index is 0.0103. The average molecular weight is 507 g/mol. The summed E-state index contributed by atoms with van der Waals surface area (Å²) >= 11 is 0. The van der Waals surface area contributed by atoms with Gasteiger partial charge in [-0.1, -0.05) is 32.9 Å². The maximum absolute atomic E-state index is 15.0. The fourth-order valence-corrected chi connectivity index (χ4v) is 3.87. The van der Waals surface area contributed by atoms with E-state index in [0.29, 0.717) is 34.7 Å². The molecule has 37 heavy (non-hydrogen) atoms. The highest BCUT2D eigenvalue weighted by Gasteiger charge is 2.32. The molecule has 3 aromatic heterocycles. The predicted octanol–water partition coefficient (Wildman–Crippen LogP) is 2.54. The van der Waals surface area contributed by atoms with Crippen molar-refractivity contribution in [3.05, 3.63) is 54.2 Å². The molecule has 5 rings (SSSR count). The summed E-state index contributed by atoms with van der Waals surface area (Å²) in [6.45, 7) is 6.21. The van der Waals surface area contributed by atoms with Crippen molar-refractivity contribution >= 4 is 22.9 Å². The summed E-state index contributed by atoms with van der Waals surface area (Å²) < 4.78 is 16.7. The van der Waals surface area contributed by atoms with Crippen LogP contribution in [0, 0.1) is 11.2 Å². The number of H-pyrrole nitrogens is 1. The maximum atomic E-state index is 15.0. The van der Waals surface area contributed by atoms with Gasteiger partial charge >= 0.3 is 0 Å². The molecule has 1 aliphatic rings. The molecule has 0 spiro atoms. The number of aromatic amines is 1. The number of pyridine rings is 1. The van der Waals surface area contributed by atoms with Gasteiger partial charge in [0.15, 0.2) is 11.9 Å². The van der Waals surface area contributed by atoms with Gasteiger partial charge in [0.1, 0.15) is 11.6 Å². The minimum Gasteiger partial charge on any atom is -0.394 e. The minimum atomic E-state index is -0.485. The van der Waals surface area contributed by atoms with Crippen LogP contribution >= 0.6 is 0 Å². The lowest BCUT2D eigenvalue weighted by molar-refractivity contribution is -0.115. The van der Waals surface area contributed by atoms with Gasteiger partial charge in [0, 0.05) is 35.5 Å². The first-order valence-corrected chi connectivity index (χ1v) is 11.8. The Balaban J connectivity index is 1.33. The van der Waals surface area contributed by atoms with E-state index < -0.39 is 18.0 Å². The number of carbonyl (C=O) groups is 1. The van der Waals surface area contributed by atoms with E-state index in [1.54, 1.807) is 41.5 Å². The quantitative estimate of drug-likeness (QED) is 0.302. The molecule has 0 saturated carbocycles. The smallest absolute Gasteiger partial charge is 0.288 e. The molecule has 1 unspecified atom stereocenters. The number of rotatable bonds is 7. The maximum Gasteiger partial charge on any atom is 0.288 e. The van der Waals surface area contributed by atoms with Crippen molar-refractivity contribution in [3.8, 4) is 22.5 Å². The van der Waals surface area contributed by atoms with Gasteiger partial charge in [-0.25, -0.2) is 29.7 Å². The third-order valence-corrected chi connectivity index (χ3v) is 5.90. The molecule has 12 heteroatoms. The Hall–Kier alpha value is -4.16. The lowest BCUT2D eigenvalue weighted by atomic mass is 9.95. The molecule has 11 nitrogen and oxygen atoms in total. The average Bonchev–Trinajstić information content (AvgIpc) is 3.62. The summed E-state index contributed by atoms with van der Waals surface area (Å²) in [6.07, 6.45) is 4.56. The summed E-state index contributed by atoms with van der Waals surface area (Å²) in [5.74, 6) is -0.301. The van der Waals surface area contributed by atoms with E-state index >= 15 is 4.39 Å². The molecule has 0 radical (unpaired) electrons. The largest absolute Gasteiger partial charge is 0.394 e. The van der Waals surface area contributed by atoms with Crippen LogP contribution in [0.15, 0.2) is 47.8 Å². The number of nitrogens with zero attached hydrogens (tertiary/aromatic N) is 5. The van der Waals surface area contributed by atoms with Crippen molar-refractivity contribution in [2.24, 2.45) is 10.4 Å². The van der Waals surface area contributed by atoms with E-state index in [1.165, 1.54) is 6.07 Å². The molecule has 1 atom stereocenters. The van der Waals surface area contributed by atoms with Crippen LogP contribution in [0.25, 0.3) is 33.7 Å². The van der Waals surface area contributed by atoms with Gasteiger partial charge in [0.05, 0.1) is 30.4 Å². The third-order valence-electron chi connectivity index (χ3n) is 5.90. The van der Waals surface area contributed by atoms with Gasteiger partial charge in [0.2, 0.25) is 5.84 Å². The van der Waals surface area contributed by atoms with Crippen LogP contribution < -0.4 is 10.8 Å². The normalized spacial score (nSPS) is 15.6. The van der Waals surface area contributed by atoms with E-state index in [4.69, 9.17) is 9.94 Å². The van der Waals surface area contributed by atoms with E-state index in [2.05, 4.69) is 35.8 Å². The first-order chi connectivity index (χ1) is 17.7. The summed E-state index contributed by atoms with van der Waals surface area (Å²) in [7, 11) is 0. The molecule has 1 aromatic carbocycles. The van der Waals surface area contributed by atoms with Crippen molar-refractivity contribution in [2.75, 3.05) is 6.61 Å². The number of benzene rings is 1. The number of nitrogens with one attached hydrogen (secondary N) is 3. The summed E-state index contributed by atoms with van der Waals surface area (Å²) in [4.78, 5) is 34.2. The first-order valence-electron chi connectivity index (χ1n) is 11.8. The third kappa shape index (κ3) is 5.06. The number of aromatic nitrogens is 5. The van der Waals surface area contributed by atoms with Crippen molar-refractivity contribution in [2.45, 2.75) is 40.1 Å². The number of imidazole rings is 1. The number of amides is 1. The molecule has 0 aliphatic carbocycles. The predicted molar refractivity (Wildman–Crippen MR) is 134 cm³/mol. The van der Waals surface area contributed by atoms with Gasteiger partial charge in [-0.3, -0.25) is 9.48 Å². The highest BCUT2D eigenvalue weighted by molar-refractivity contribution is 6.37. The standard InChI is InChI=1S/C25H27FN8O3/c1-25(2,3)24-32-22(33-37-24)23(36)28-11-15-5-4-14(10-18(15)26)17-6-7-27-21-19(17)30-20(31-21)16-12-29-34(13-16)8-9-35/h4-7,10,12-13,24,35H,8-9,11H2,1-3H3,(H,28,36)(H,32,33)(H,27,30,31). The van der Waals surface area contributed by atoms with Crippen LogP contribution in [-0.4, -0.2) is 54.4 Å². The fourth-order valence-electron chi connectivity index (χ4n) is 3.87. The molecule has 1 amide bonds. The fraction of sp³-hybridized carbons (Fsp3) is 0.320. The summed E-state index contributed by atoms with van der Waals surface area (Å²) in [5.41, 5.74) is 5.86. The molecule has 4 aromatic rings. The van der Waals surface area contributed by atoms with Crippen LogP contribution in [0.2, 0.25) is 0 Å². The lowest BCUT2D eigenvalue weighted by Gasteiger charge is -2.21. The van der Waals surface area contributed by atoms with Gasteiger partial charge < -0.3 is 15.4 Å². The van der Waals surface area contributed by atoms with Crippen molar-refractivity contribution in [1.82, 2.24) is 35.5 Å². The van der Waals surface area contributed by atoms with Crippen LogP contribution in [0.4, 0.5) is 4.39 Å². The van der Waals surface area contributed by atoms with E-state index in [9.17, 15) is 4.79 Å². The molecule has 0 fully saturated rings. The second-order valence-electron chi connectivity index (χ2n) is 9.76. The molecular formula is C25H27FN8O3. The van der Waals surface area contributed by atoms with Crippen molar-refractivity contribution < 1.29 is 19.1 Å². The first kappa shape index (κ1) is 24.5. The number of fused-ring (bicyclic) bond motifs is 1. The number of amidine groups is 1. The van der Waals surface area contributed by atoms with Gasteiger partial charge in [0.25, 0.3) is 5.91 Å². The highest BCUT2D eigenvalue weighted by atomic mass is 19.1. The molecule has 0 bridgehead atoms. The Bertz CT molecular complexity index is 1490. The number of aliphatic hydroxyl groups excluding tert-OH is 1. The SMILES string of the molecule is CC(C)(C)C1N=C(C(=O)NCc2ccc(-c3ccnc4nc(-c5cnn(CCO)c5)[nH]c34)cc2F)NO1. The number of carbonyl (C=O) groups excluding carboxylic acids is 1. The number of aliphatic imine (C=N–C) groups is 1. The van der Waals surface area contributed by atoms with Crippen LogP contribution in [0.5, 0.6) is 0 Å². The topological polar surface area (TPSA) is 142 Å². The molecule has 4 heterocycles. The number of hydroxylamine groups is 1. The highest BCUT2D eigenvalue weighted by Crippen LogP contribution is 2.30. The van der Waals surface area contributed by atoms with Gasteiger partial charge in [-0.15, -0.1) is 0 Å². The van der Waals surface area contributed by atoms with Gasteiger partial charge in [-0.05, 0) is 17.7 Å². The van der Waals surface area contributed by atoms with Crippen molar-refractivity contribution in [1.29, 1.82) is 0 Å². The lowest BCUT2D eigenvalue weighted by Crippen LogP contribution is -2.37. The molecule has 0 saturated heterocycles. The Morgan fingerprint density at radius 3 is 2.84 bits per heavy atom. The Labute approximate surface area is 211 Å². The Kier molecular flexibility index (Phi) is 6.44. The zero-order valence-electron chi connectivity index (χ0n) is 20.6. The molecule has 4 N–H and O–H groups in total. The number of halogens is 1. The monoisotopic (exact) mass is 506 g/mol. The van der Waals surface area contributed by atoms with Gasteiger partial charge in [-0.2, -0.15) is 5.10 Å².